The third-order valence-electron chi connectivity index (χ3n) is 2.66. The largest absolute Gasteiger partial charge is 0.370 e. The molecule has 1 atom stereocenters. The van der Waals surface area contributed by atoms with Crippen molar-refractivity contribution in [1.82, 2.24) is 9.97 Å². The van der Waals surface area contributed by atoms with Crippen molar-refractivity contribution >= 4 is 22.7 Å². The van der Waals surface area contributed by atoms with Gasteiger partial charge in [-0.05, 0) is 19.4 Å². The van der Waals surface area contributed by atoms with Gasteiger partial charge in [0.2, 0.25) is 0 Å². The Hall–Kier alpha value is -2.02. The van der Waals surface area contributed by atoms with Gasteiger partial charge in [-0.15, -0.1) is 11.3 Å². The van der Waals surface area contributed by atoms with E-state index in [0.717, 1.165) is 11.4 Å². The van der Waals surface area contributed by atoms with Crippen molar-refractivity contribution in [2.45, 2.75) is 26.3 Å². The summed E-state index contributed by atoms with van der Waals surface area (Å²) in [5, 5.41) is 14.9. The predicted molar refractivity (Wildman–Crippen MR) is 74.4 cm³/mol. The van der Waals surface area contributed by atoms with Gasteiger partial charge in [-0.3, -0.25) is 15.1 Å². The molecule has 2 aromatic rings. The van der Waals surface area contributed by atoms with Crippen LogP contribution in [0.5, 0.6) is 0 Å². The van der Waals surface area contributed by atoms with Crippen LogP contribution in [0, 0.1) is 10.1 Å². The third kappa shape index (κ3) is 3.05. The summed E-state index contributed by atoms with van der Waals surface area (Å²) in [6.45, 7) is 4.01. The predicted octanol–water partition coefficient (Wildman–Crippen LogP) is 3.18. The Labute approximate surface area is 114 Å². The topological polar surface area (TPSA) is 81.0 Å². The zero-order valence-electron chi connectivity index (χ0n) is 10.7. The first-order valence-electron chi connectivity index (χ1n) is 5.91. The zero-order chi connectivity index (χ0) is 13.8. The highest BCUT2D eigenvalue weighted by molar-refractivity contribution is 7.11. The molecule has 0 amide bonds. The molecular formula is C12H14N4O2S. The highest BCUT2D eigenvalue weighted by atomic mass is 32.1. The third-order valence-corrected chi connectivity index (χ3v) is 3.98. The Kier molecular flexibility index (Phi) is 4.06. The van der Waals surface area contributed by atoms with Gasteiger partial charge in [0.1, 0.15) is 16.9 Å². The molecule has 0 fully saturated rings. The van der Waals surface area contributed by atoms with Crippen molar-refractivity contribution in [3.05, 3.63) is 44.7 Å². The van der Waals surface area contributed by atoms with E-state index in [1.807, 2.05) is 13.1 Å². The van der Waals surface area contributed by atoms with Crippen LogP contribution in [0.4, 0.5) is 11.4 Å². The Morgan fingerprint density at radius 3 is 2.95 bits per heavy atom. The van der Waals surface area contributed by atoms with E-state index < -0.39 is 4.92 Å². The van der Waals surface area contributed by atoms with E-state index in [-0.39, 0.29) is 11.7 Å². The second-order valence-corrected chi connectivity index (χ2v) is 5.18. The number of nitrogens with zero attached hydrogens (tertiary/aromatic N) is 3. The van der Waals surface area contributed by atoms with E-state index >= 15 is 0 Å². The maximum absolute atomic E-state index is 10.9. The van der Waals surface area contributed by atoms with Crippen molar-refractivity contribution in [3.8, 4) is 0 Å². The van der Waals surface area contributed by atoms with Crippen LogP contribution < -0.4 is 5.32 Å². The molecule has 2 aromatic heterocycles. The minimum absolute atomic E-state index is 0.0263. The molecule has 0 saturated heterocycles. The molecule has 0 bridgehead atoms. The minimum Gasteiger partial charge on any atom is -0.370 e. The van der Waals surface area contributed by atoms with Gasteiger partial charge in [-0.1, -0.05) is 6.92 Å². The van der Waals surface area contributed by atoms with E-state index in [2.05, 4.69) is 22.2 Å². The summed E-state index contributed by atoms with van der Waals surface area (Å²) in [5.74, 6) is 0. The molecule has 0 aromatic carbocycles. The average molecular weight is 278 g/mol. The number of hydrogen-bond donors (Lipinski definition) is 1. The summed E-state index contributed by atoms with van der Waals surface area (Å²) < 4.78 is 0. The van der Waals surface area contributed by atoms with E-state index in [1.165, 1.54) is 17.3 Å². The molecule has 7 heteroatoms. The normalized spacial score (nSPS) is 12.1. The molecule has 0 aliphatic rings. The number of nitro groups is 1. The number of hydrogen-bond acceptors (Lipinski definition) is 6. The molecule has 0 aliphatic heterocycles. The number of aryl methyl sites for hydroxylation is 1. The van der Waals surface area contributed by atoms with Crippen LogP contribution >= 0.6 is 11.3 Å². The lowest BCUT2D eigenvalue weighted by Gasteiger charge is -2.12. The Balaban J connectivity index is 2.19. The van der Waals surface area contributed by atoms with Crippen LogP contribution in [0.3, 0.4) is 0 Å². The van der Waals surface area contributed by atoms with Gasteiger partial charge in [0.05, 0.1) is 11.0 Å². The van der Waals surface area contributed by atoms with Gasteiger partial charge in [-0.25, -0.2) is 4.98 Å². The maximum Gasteiger partial charge on any atom is 0.310 e. The number of rotatable bonds is 5. The van der Waals surface area contributed by atoms with Crippen LogP contribution in [0.15, 0.2) is 24.7 Å². The summed E-state index contributed by atoms with van der Waals surface area (Å²) in [4.78, 5) is 19.8. The van der Waals surface area contributed by atoms with Crippen LogP contribution in [0.2, 0.25) is 0 Å². The summed E-state index contributed by atoms with van der Waals surface area (Å²) >= 11 is 1.62. The van der Waals surface area contributed by atoms with Gasteiger partial charge in [0.15, 0.2) is 0 Å². The fourth-order valence-electron chi connectivity index (χ4n) is 1.63. The quantitative estimate of drug-likeness (QED) is 0.671. The molecule has 0 aliphatic carbocycles. The molecule has 6 nitrogen and oxygen atoms in total. The smallest absolute Gasteiger partial charge is 0.310 e. The molecule has 1 N–H and O–H groups in total. The molecule has 2 heterocycles. The van der Waals surface area contributed by atoms with E-state index in [9.17, 15) is 10.1 Å². The highest BCUT2D eigenvalue weighted by Crippen LogP contribution is 2.28. The first-order valence-corrected chi connectivity index (χ1v) is 6.73. The summed E-state index contributed by atoms with van der Waals surface area (Å²) in [6.07, 6.45) is 5.56. The number of aromatic nitrogens is 2. The van der Waals surface area contributed by atoms with Crippen LogP contribution in [0.25, 0.3) is 0 Å². The molecule has 2 rings (SSSR count). The van der Waals surface area contributed by atoms with E-state index in [4.69, 9.17) is 0 Å². The van der Waals surface area contributed by atoms with Crippen molar-refractivity contribution < 1.29 is 4.92 Å². The van der Waals surface area contributed by atoms with Crippen molar-refractivity contribution in [1.29, 1.82) is 0 Å². The van der Waals surface area contributed by atoms with E-state index in [0.29, 0.717) is 5.69 Å². The molecule has 100 valence electrons. The van der Waals surface area contributed by atoms with Gasteiger partial charge in [0.25, 0.3) is 0 Å². The molecule has 0 radical (unpaired) electrons. The van der Waals surface area contributed by atoms with Gasteiger partial charge in [0, 0.05) is 17.3 Å². The zero-order valence-corrected chi connectivity index (χ0v) is 11.5. The minimum atomic E-state index is -0.443. The average Bonchev–Trinajstić information content (AvgIpc) is 2.88. The van der Waals surface area contributed by atoms with Crippen molar-refractivity contribution in [2.75, 3.05) is 5.32 Å². The Morgan fingerprint density at radius 2 is 2.32 bits per heavy atom. The van der Waals surface area contributed by atoms with Crippen LogP contribution in [-0.2, 0) is 6.42 Å². The summed E-state index contributed by atoms with van der Waals surface area (Å²) in [5.41, 5.74) is 0.433. The maximum atomic E-state index is 10.9. The van der Waals surface area contributed by atoms with Crippen LogP contribution in [0.1, 0.15) is 29.8 Å². The van der Waals surface area contributed by atoms with Gasteiger partial charge < -0.3 is 5.32 Å². The lowest BCUT2D eigenvalue weighted by molar-refractivity contribution is -0.384. The summed E-state index contributed by atoms with van der Waals surface area (Å²) in [6, 6.07) is 1.52. The summed E-state index contributed by atoms with van der Waals surface area (Å²) in [7, 11) is 0. The molecule has 19 heavy (non-hydrogen) atoms. The standard InChI is InChI=1S/C12H14N4O2S/c1-3-9-6-14-12(19-9)8(2)15-10-4-5-13-7-11(10)16(17)18/h4-8H,3H2,1-2H3,(H,13,15). The lowest BCUT2D eigenvalue weighted by Crippen LogP contribution is -2.08. The molecule has 0 spiro atoms. The molecule has 0 saturated carbocycles. The second-order valence-electron chi connectivity index (χ2n) is 4.03. The first-order chi connectivity index (χ1) is 9.11. The number of nitrogens with one attached hydrogen (secondary N) is 1. The van der Waals surface area contributed by atoms with Crippen molar-refractivity contribution in [2.24, 2.45) is 0 Å². The van der Waals surface area contributed by atoms with Gasteiger partial charge in [-0.2, -0.15) is 0 Å². The number of anilines is 1. The van der Waals surface area contributed by atoms with Crippen LogP contribution in [-0.4, -0.2) is 14.9 Å². The monoisotopic (exact) mass is 278 g/mol. The van der Waals surface area contributed by atoms with Gasteiger partial charge >= 0.3 is 5.69 Å². The fourth-order valence-corrected chi connectivity index (χ4v) is 2.49. The van der Waals surface area contributed by atoms with Crippen molar-refractivity contribution in [3.63, 3.8) is 0 Å². The first kappa shape index (κ1) is 13.4. The molecule has 1 unspecified atom stereocenters. The number of pyridine rings is 1. The Bertz CT molecular complexity index is 585. The Morgan fingerprint density at radius 1 is 1.53 bits per heavy atom. The fraction of sp³-hybridized carbons (Fsp3) is 0.333. The lowest BCUT2D eigenvalue weighted by atomic mass is 10.3. The SMILES string of the molecule is CCc1cnc(C(C)Nc2ccncc2[N+](=O)[O-])s1. The number of thiazole rings is 1. The highest BCUT2D eigenvalue weighted by Gasteiger charge is 2.17. The molecular weight excluding hydrogens is 264 g/mol. The second kappa shape index (κ2) is 5.75. The van der Waals surface area contributed by atoms with E-state index in [1.54, 1.807) is 17.4 Å².